The van der Waals surface area contributed by atoms with Gasteiger partial charge < -0.3 is 5.73 Å². The molecular formula is C22H16Cl3N5O2. The quantitative estimate of drug-likeness (QED) is 0.616. The number of benzene rings is 1. The van der Waals surface area contributed by atoms with Crippen LogP contribution in [0.5, 0.6) is 0 Å². The van der Waals surface area contributed by atoms with Crippen LogP contribution in [0.1, 0.15) is 41.1 Å². The highest BCUT2D eigenvalue weighted by molar-refractivity contribution is 6.35. The summed E-state index contributed by atoms with van der Waals surface area (Å²) in [5, 5.41) is 12.0. The monoisotopic (exact) mass is 487 g/mol. The summed E-state index contributed by atoms with van der Waals surface area (Å²) >= 11 is 18.5. The van der Waals surface area contributed by atoms with Crippen molar-refractivity contribution < 1.29 is 9.59 Å². The molecule has 1 aliphatic carbocycles. The number of hydrogen-bond donors (Lipinski definition) is 2. The molecule has 1 aromatic carbocycles. The number of nitrogens with two attached hydrogens (primary N) is 1. The van der Waals surface area contributed by atoms with Crippen LogP contribution in [0.15, 0.2) is 59.2 Å². The Balaban J connectivity index is 1.85. The van der Waals surface area contributed by atoms with Crippen LogP contribution in [0.25, 0.3) is 0 Å². The Morgan fingerprint density at radius 3 is 2.72 bits per heavy atom. The van der Waals surface area contributed by atoms with E-state index in [-0.39, 0.29) is 27.9 Å². The van der Waals surface area contributed by atoms with E-state index in [1.807, 2.05) is 0 Å². The molecule has 1 atom stereocenters. The van der Waals surface area contributed by atoms with Gasteiger partial charge in [0.15, 0.2) is 5.78 Å². The molecule has 1 amide bonds. The number of aromatic nitrogens is 1. The summed E-state index contributed by atoms with van der Waals surface area (Å²) in [6, 6.07) is 10.0. The second-order valence-corrected chi connectivity index (χ2v) is 8.47. The fraction of sp³-hybridized carbons (Fsp3) is 0.182. The average Bonchev–Trinajstić information content (AvgIpc) is 2.76. The number of pyridine rings is 1. The molecule has 1 unspecified atom stereocenters. The van der Waals surface area contributed by atoms with E-state index in [2.05, 4.69) is 16.5 Å². The number of ketones is 1. The lowest BCUT2D eigenvalue weighted by atomic mass is 9.76. The van der Waals surface area contributed by atoms with Gasteiger partial charge in [0.1, 0.15) is 11.0 Å². The van der Waals surface area contributed by atoms with Crippen molar-refractivity contribution in [2.45, 2.75) is 25.2 Å². The molecule has 7 nitrogen and oxygen atoms in total. The summed E-state index contributed by atoms with van der Waals surface area (Å²) in [4.78, 5) is 29.8. The number of amides is 1. The van der Waals surface area contributed by atoms with Crippen LogP contribution >= 0.6 is 34.8 Å². The van der Waals surface area contributed by atoms with E-state index in [1.54, 1.807) is 24.3 Å². The summed E-state index contributed by atoms with van der Waals surface area (Å²) in [5.74, 6) is -1.47. The van der Waals surface area contributed by atoms with Crippen molar-refractivity contribution in [1.29, 1.82) is 5.26 Å². The number of carbonyl (C=O) groups is 2. The third-order valence-corrected chi connectivity index (χ3v) is 6.27. The second-order valence-electron chi connectivity index (χ2n) is 7.26. The van der Waals surface area contributed by atoms with Gasteiger partial charge in [0.25, 0.3) is 5.91 Å². The smallest absolute Gasteiger partial charge is 0.273 e. The first kappa shape index (κ1) is 22.2. The third-order valence-electron chi connectivity index (χ3n) is 5.40. The van der Waals surface area contributed by atoms with Crippen molar-refractivity contribution in [1.82, 2.24) is 15.4 Å². The average molecular weight is 489 g/mol. The Hall–Kier alpha value is -3.05. The van der Waals surface area contributed by atoms with E-state index >= 15 is 0 Å². The molecule has 0 spiro atoms. The summed E-state index contributed by atoms with van der Waals surface area (Å²) in [5.41, 5.74) is 10.7. The van der Waals surface area contributed by atoms with Crippen LogP contribution in [0.3, 0.4) is 0 Å². The number of allylic oxidation sites excluding steroid dienone is 3. The van der Waals surface area contributed by atoms with Gasteiger partial charge >= 0.3 is 0 Å². The first-order valence-electron chi connectivity index (χ1n) is 9.66. The van der Waals surface area contributed by atoms with Gasteiger partial charge in [-0.05, 0) is 42.7 Å². The number of nitrogens with one attached hydrogen (secondary N) is 1. The molecule has 0 fully saturated rings. The third kappa shape index (κ3) is 3.82. The molecule has 0 bridgehead atoms. The Kier molecular flexibility index (Phi) is 6.11. The lowest BCUT2D eigenvalue weighted by Crippen LogP contribution is -2.48. The summed E-state index contributed by atoms with van der Waals surface area (Å²) in [6.07, 6.45) is 2.83. The van der Waals surface area contributed by atoms with Crippen LogP contribution in [0, 0.1) is 11.3 Å². The van der Waals surface area contributed by atoms with E-state index in [4.69, 9.17) is 40.5 Å². The maximum Gasteiger partial charge on any atom is 0.273 e. The molecule has 0 radical (unpaired) electrons. The molecule has 0 saturated carbocycles. The van der Waals surface area contributed by atoms with Crippen LogP contribution in [-0.4, -0.2) is 21.7 Å². The highest BCUT2D eigenvalue weighted by Crippen LogP contribution is 2.46. The predicted octanol–water partition coefficient (Wildman–Crippen LogP) is 4.49. The van der Waals surface area contributed by atoms with Crippen LogP contribution in [0.4, 0.5) is 0 Å². The maximum absolute atomic E-state index is 13.0. The molecule has 162 valence electrons. The van der Waals surface area contributed by atoms with Gasteiger partial charge in [0.05, 0.1) is 23.1 Å². The van der Waals surface area contributed by atoms with E-state index in [0.717, 1.165) is 0 Å². The highest BCUT2D eigenvalue weighted by atomic mass is 35.5. The van der Waals surface area contributed by atoms with Crippen LogP contribution in [-0.2, 0) is 4.79 Å². The van der Waals surface area contributed by atoms with E-state index in [0.29, 0.717) is 46.1 Å². The Morgan fingerprint density at radius 1 is 1.25 bits per heavy atom. The first-order chi connectivity index (χ1) is 15.3. The SMILES string of the molecule is N#CC1=C(N)N(NC(=O)c2cccnc2Cl)C2=C(C(=O)CCC2)C1c1ccc(Cl)cc1Cl. The number of hydrogen-bond acceptors (Lipinski definition) is 6. The minimum atomic E-state index is -0.761. The molecule has 1 aromatic heterocycles. The van der Waals surface area contributed by atoms with E-state index in [9.17, 15) is 14.9 Å². The summed E-state index contributed by atoms with van der Waals surface area (Å²) in [6.45, 7) is 0. The van der Waals surface area contributed by atoms with E-state index < -0.39 is 11.8 Å². The normalized spacial score (nSPS) is 18.4. The van der Waals surface area contributed by atoms with Crippen LogP contribution < -0.4 is 11.2 Å². The highest BCUT2D eigenvalue weighted by Gasteiger charge is 2.41. The molecule has 10 heteroatoms. The van der Waals surface area contributed by atoms with Gasteiger partial charge in [-0.25, -0.2) is 9.99 Å². The molecule has 32 heavy (non-hydrogen) atoms. The van der Waals surface area contributed by atoms with Gasteiger partial charge in [0.2, 0.25) is 0 Å². The molecule has 4 rings (SSSR count). The lowest BCUT2D eigenvalue weighted by Gasteiger charge is -2.39. The molecule has 1 aliphatic heterocycles. The zero-order valence-electron chi connectivity index (χ0n) is 16.5. The van der Waals surface area contributed by atoms with Crippen molar-refractivity contribution in [2.75, 3.05) is 0 Å². The zero-order valence-corrected chi connectivity index (χ0v) is 18.8. The summed E-state index contributed by atoms with van der Waals surface area (Å²) in [7, 11) is 0. The Labute approximate surface area is 199 Å². The number of Topliss-reactive ketones (excluding diaryl/α,β-unsaturated/α-hetero) is 1. The Bertz CT molecular complexity index is 1250. The predicted molar refractivity (Wildman–Crippen MR) is 120 cm³/mol. The zero-order chi connectivity index (χ0) is 23.0. The second kappa shape index (κ2) is 8.83. The molecule has 2 aliphatic rings. The molecule has 2 heterocycles. The standard InChI is InChI=1S/C22H16Cl3N5O2/c23-11-6-7-12(15(24)9-11)18-14(10-26)21(27)30(16-4-1-5-17(31)19(16)18)29-22(32)13-3-2-8-28-20(13)25/h2-3,6-9,18H,1,4-5,27H2,(H,29,32). The van der Waals surface area contributed by atoms with Crippen molar-refractivity contribution in [2.24, 2.45) is 5.73 Å². The molecule has 2 aromatic rings. The maximum atomic E-state index is 13.0. The number of carbonyl (C=O) groups excluding carboxylic acids is 2. The largest absolute Gasteiger partial charge is 0.383 e. The Morgan fingerprint density at radius 2 is 2.03 bits per heavy atom. The van der Waals surface area contributed by atoms with Crippen LogP contribution in [0.2, 0.25) is 15.2 Å². The molecule has 3 N–H and O–H groups in total. The number of nitriles is 1. The topological polar surface area (TPSA) is 112 Å². The summed E-state index contributed by atoms with van der Waals surface area (Å²) < 4.78 is 0. The van der Waals surface area contributed by atoms with Gasteiger partial charge in [-0.15, -0.1) is 0 Å². The minimum Gasteiger partial charge on any atom is -0.383 e. The number of halogens is 3. The van der Waals surface area contributed by atoms with Gasteiger partial charge in [0, 0.05) is 33.9 Å². The lowest BCUT2D eigenvalue weighted by molar-refractivity contribution is -0.116. The minimum absolute atomic E-state index is 0.00493. The van der Waals surface area contributed by atoms with Crippen molar-refractivity contribution in [3.8, 4) is 6.07 Å². The number of nitrogens with zero attached hydrogens (tertiary/aromatic N) is 3. The van der Waals surface area contributed by atoms with Crippen molar-refractivity contribution in [3.63, 3.8) is 0 Å². The van der Waals surface area contributed by atoms with Gasteiger partial charge in [-0.3, -0.25) is 15.0 Å². The fourth-order valence-corrected chi connectivity index (χ4v) is 4.70. The van der Waals surface area contributed by atoms with Gasteiger partial charge in [-0.2, -0.15) is 5.26 Å². The number of hydrazine groups is 1. The van der Waals surface area contributed by atoms with E-state index in [1.165, 1.54) is 17.3 Å². The fourth-order valence-electron chi connectivity index (χ4n) is 3.98. The van der Waals surface area contributed by atoms with Crippen molar-refractivity contribution >= 4 is 46.5 Å². The molecular weight excluding hydrogens is 473 g/mol. The number of rotatable bonds is 3. The van der Waals surface area contributed by atoms with Crippen molar-refractivity contribution in [3.05, 3.63) is 85.5 Å². The van der Waals surface area contributed by atoms with Gasteiger partial charge in [-0.1, -0.05) is 40.9 Å². The first-order valence-corrected chi connectivity index (χ1v) is 10.8. The molecule has 0 saturated heterocycles.